The number of para-hydroxylation sites is 2. The van der Waals surface area contributed by atoms with Crippen LogP contribution >= 0.6 is 0 Å². The third kappa shape index (κ3) is 7.07. The second kappa shape index (κ2) is 13.8. The Bertz CT molecular complexity index is 1430. The first-order valence-corrected chi connectivity index (χ1v) is 16.5. The molecule has 46 heavy (non-hydrogen) atoms. The molecule has 6 rings (SSSR count). The number of carbonyl (C=O) groups excluding carboxylic acids is 2. The Morgan fingerprint density at radius 2 is 1.72 bits per heavy atom. The van der Waals surface area contributed by atoms with Crippen LogP contribution in [0.1, 0.15) is 62.5 Å². The maximum Gasteiger partial charge on any atom is 0.410 e. The molecule has 0 aromatic heterocycles. The molecule has 1 aliphatic carbocycles. The molecule has 2 aromatic carbocycles. The zero-order valence-corrected chi connectivity index (χ0v) is 26.5. The van der Waals surface area contributed by atoms with Crippen molar-refractivity contribution in [1.29, 1.82) is 5.26 Å². The zero-order chi connectivity index (χ0) is 32.3. The maximum atomic E-state index is 14.4. The summed E-state index contributed by atoms with van der Waals surface area (Å²) in [6, 6.07) is 12.1. The van der Waals surface area contributed by atoms with Gasteiger partial charge >= 0.3 is 6.09 Å². The SMILES string of the molecule is COc1ccccc1NC1CCN(C(=O)C2CCC(CN3CC4(CCN(Cc5c(F)cc(C#N)cc5F)CC4)OC3=O)CC2)CC1. The predicted molar refractivity (Wildman–Crippen MR) is 168 cm³/mol. The standard InChI is InChI=1S/C35H43F2N5O4/c1-45-32-5-3-2-4-31(32)39-27-10-14-41(15-11-27)33(43)26-8-6-24(7-9-26)21-42-23-35(46-34(42)44)12-16-40(17-13-35)22-28-29(36)18-25(20-38)19-30(28)37/h2-5,18-19,24,26-27,39H,6-17,21-23H2,1H3. The van der Waals surface area contributed by atoms with Crippen LogP contribution in [0.4, 0.5) is 19.3 Å². The molecule has 2 aromatic rings. The van der Waals surface area contributed by atoms with Gasteiger partial charge in [-0.25, -0.2) is 13.6 Å². The van der Waals surface area contributed by atoms with Gasteiger partial charge in [0.2, 0.25) is 5.91 Å². The number of rotatable bonds is 8. The number of carbonyl (C=O) groups is 2. The lowest BCUT2D eigenvalue weighted by Crippen LogP contribution is -2.47. The van der Waals surface area contributed by atoms with Crippen molar-refractivity contribution < 1.29 is 27.8 Å². The number of anilines is 1. The van der Waals surface area contributed by atoms with E-state index in [0.717, 1.165) is 75.2 Å². The smallest absolute Gasteiger partial charge is 0.410 e. The van der Waals surface area contributed by atoms with Crippen molar-refractivity contribution in [2.45, 2.75) is 69.6 Å². The molecule has 9 nitrogen and oxygen atoms in total. The fourth-order valence-electron chi connectivity index (χ4n) is 7.64. The second-order valence-corrected chi connectivity index (χ2v) is 13.4. The Labute approximate surface area is 269 Å². The van der Waals surface area contributed by atoms with Crippen LogP contribution < -0.4 is 10.1 Å². The van der Waals surface area contributed by atoms with Crippen molar-refractivity contribution >= 4 is 17.7 Å². The van der Waals surface area contributed by atoms with Gasteiger partial charge in [-0.05, 0) is 68.7 Å². The van der Waals surface area contributed by atoms with Gasteiger partial charge in [0.1, 0.15) is 23.0 Å². The molecule has 3 aliphatic heterocycles. The number of methoxy groups -OCH3 is 1. The number of piperidine rings is 2. The number of amides is 2. The minimum Gasteiger partial charge on any atom is -0.495 e. The van der Waals surface area contributed by atoms with E-state index in [1.807, 2.05) is 39.0 Å². The van der Waals surface area contributed by atoms with Gasteiger partial charge in [-0.2, -0.15) is 5.26 Å². The van der Waals surface area contributed by atoms with Gasteiger partial charge in [-0.3, -0.25) is 9.69 Å². The summed E-state index contributed by atoms with van der Waals surface area (Å²) in [6.07, 6.45) is 6.21. The quantitative estimate of drug-likeness (QED) is 0.407. The number of hydrogen-bond donors (Lipinski definition) is 1. The second-order valence-electron chi connectivity index (χ2n) is 13.4. The highest BCUT2D eigenvalue weighted by Crippen LogP contribution is 2.37. The fourth-order valence-corrected chi connectivity index (χ4v) is 7.64. The molecule has 0 atom stereocenters. The van der Waals surface area contributed by atoms with Crippen LogP contribution in [-0.2, 0) is 16.1 Å². The van der Waals surface area contributed by atoms with Gasteiger partial charge < -0.3 is 24.6 Å². The third-order valence-corrected chi connectivity index (χ3v) is 10.4. The van der Waals surface area contributed by atoms with Crippen molar-refractivity contribution in [3.05, 3.63) is 59.2 Å². The minimum atomic E-state index is -0.714. The molecule has 4 aliphatic rings. The minimum absolute atomic E-state index is 0.0380. The maximum absolute atomic E-state index is 14.4. The van der Waals surface area contributed by atoms with Gasteiger partial charge in [0.15, 0.2) is 0 Å². The van der Waals surface area contributed by atoms with Crippen LogP contribution in [0.2, 0.25) is 0 Å². The summed E-state index contributed by atoms with van der Waals surface area (Å²) in [5.41, 5.74) is 0.331. The van der Waals surface area contributed by atoms with Crippen LogP contribution in [0.3, 0.4) is 0 Å². The number of likely N-dealkylation sites (tertiary alicyclic amines) is 2. The van der Waals surface area contributed by atoms with E-state index < -0.39 is 17.2 Å². The molecule has 3 saturated heterocycles. The zero-order valence-electron chi connectivity index (χ0n) is 26.5. The first-order valence-electron chi connectivity index (χ1n) is 16.5. The van der Waals surface area contributed by atoms with E-state index in [-0.39, 0.29) is 35.6 Å². The highest BCUT2D eigenvalue weighted by molar-refractivity contribution is 5.79. The lowest BCUT2D eigenvalue weighted by Gasteiger charge is -2.38. The summed E-state index contributed by atoms with van der Waals surface area (Å²) < 4.78 is 40.2. The van der Waals surface area contributed by atoms with E-state index in [2.05, 4.69) is 5.32 Å². The van der Waals surface area contributed by atoms with Crippen molar-refractivity contribution in [1.82, 2.24) is 14.7 Å². The van der Waals surface area contributed by atoms with Gasteiger partial charge in [-0.15, -0.1) is 0 Å². The van der Waals surface area contributed by atoms with Crippen LogP contribution in [-0.4, -0.2) is 84.7 Å². The number of nitriles is 1. The molecule has 4 fully saturated rings. The lowest BCUT2D eigenvalue weighted by molar-refractivity contribution is -0.137. The highest BCUT2D eigenvalue weighted by atomic mass is 19.1. The number of nitrogens with zero attached hydrogens (tertiary/aromatic N) is 4. The molecule has 11 heteroatoms. The molecule has 1 saturated carbocycles. The Kier molecular flexibility index (Phi) is 9.64. The van der Waals surface area contributed by atoms with Crippen molar-refractivity contribution in [3.8, 4) is 11.8 Å². The van der Waals surface area contributed by atoms with E-state index >= 15 is 0 Å². The van der Waals surface area contributed by atoms with Gasteiger partial charge in [0, 0.05) is 69.6 Å². The fraction of sp³-hybridized carbons (Fsp3) is 0.571. The molecule has 246 valence electrons. The first kappa shape index (κ1) is 32.0. The molecule has 1 spiro atoms. The Morgan fingerprint density at radius 1 is 1.04 bits per heavy atom. The predicted octanol–water partition coefficient (Wildman–Crippen LogP) is 5.54. The van der Waals surface area contributed by atoms with Gasteiger partial charge in [0.25, 0.3) is 0 Å². The number of ether oxygens (including phenoxy) is 2. The Morgan fingerprint density at radius 3 is 2.37 bits per heavy atom. The number of benzene rings is 2. The largest absolute Gasteiger partial charge is 0.495 e. The Hall–Kier alpha value is -3.91. The number of nitrogens with one attached hydrogen (secondary N) is 1. The molecule has 0 unspecified atom stereocenters. The summed E-state index contributed by atoms with van der Waals surface area (Å²) in [4.78, 5) is 32.1. The molecule has 0 bridgehead atoms. The highest BCUT2D eigenvalue weighted by Gasteiger charge is 2.47. The average molecular weight is 636 g/mol. The molecule has 1 N–H and O–H groups in total. The van der Waals surface area contributed by atoms with Crippen LogP contribution in [0.25, 0.3) is 0 Å². The molecule has 2 amide bonds. The van der Waals surface area contributed by atoms with Gasteiger partial charge in [0.05, 0.1) is 31.0 Å². The average Bonchev–Trinajstić information content (AvgIpc) is 3.37. The van der Waals surface area contributed by atoms with E-state index in [1.165, 1.54) is 0 Å². The van der Waals surface area contributed by atoms with Crippen LogP contribution in [0, 0.1) is 34.8 Å². The summed E-state index contributed by atoms with van der Waals surface area (Å²) in [5, 5.41) is 12.5. The van der Waals surface area contributed by atoms with E-state index in [1.54, 1.807) is 13.2 Å². The van der Waals surface area contributed by atoms with E-state index in [4.69, 9.17) is 14.7 Å². The monoisotopic (exact) mass is 635 g/mol. The first-order chi connectivity index (χ1) is 22.3. The summed E-state index contributed by atoms with van der Waals surface area (Å²) in [5.74, 6) is 0.0445. The lowest BCUT2D eigenvalue weighted by atomic mass is 9.80. The Balaban J connectivity index is 0.924. The normalized spacial score (nSPS) is 23.7. The van der Waals surface area contributed by atoms with Crippen molar-refractivity contribution in [2.24, 2.45) is 11.8 Å². The van der Waals surface area contributed by atoms with Crippen LogP contribution in [0.15, 0.2) is 36.4 Å². The van der Waals surface area contributed by atoms with E-state index in [0.29, 0.717) is 51.0 Å². The molecule has 3 heterocycles. The molecule has 0 radical (unpaired) electrons. The number of hydrogen-bond acceptors (Lipinski definition) is 7. The van der Waals surface area contributed by atoms with Crippen LogP contribution in [0.5, 0.6) is 5.75 Å². The summed E-state index contributed by atoms with van der Waals surface area (Å²) in [7, 11) is 1.67. The molecular formula is C35H43F2N5O4. The van der Waals surface area contributed by atoms with Gasteiger partial charge in [-0.1, -0.05) is 12.1 Å². The van der Waals surface area contributed by atoms with Crippen molar-refractivity contribution in [2.75, 3.05) is 51.7 Å². The van der Waals surface area contributed by atoms with E-state index in [9.17, 15) is 18.4 Å². The topological polar surface area (TPSA) is 98.1 Å². The molecular weight excluding hydrogens is 592 g/mol. The third-order valence-electron chi connectivity index (χ3n) is 10.4. The van der Waals surface area contributed by atoms with Crippen molar-refractivity contribution in [3.63, 3.8) is 0 Å². The summed E-state index contributed by atoms with van der Waals surface area (Å²) in [6.45, 7) is 3.88. The number of halogens is 2. The summed E-state index contributed by atoms with van der Waals surface area (Å²) >= 11 is 0.